The molecule has 1 aliphatic rings. The molecular weight excluding hydrogens is 576 g/mol. The van der Waals surface area contributed by atoms with Gasteiger partial charge in [0, 0.05) is 21.7 Å². The van der Waals surface area contributed by atoms with Crippen LogP contribution in [0.5, 0.6) is 17.2 Å². The van der Waals surface area contributed by atoms with Crippen molar-refractivity contribution in [2.24, 2.45) is 4.99 Å². The monoisotopic (exact) mass is 604 g/mol. The summed E-state index contributed by atoms with van der Waals surface area (Å²) >= 11 is 7.54. The summed E-state index contributed by atoms with van der Waals surface area (Å²) in [6.45, 7) is 3.91. The summed E-state index contributed by atoms with van der Waals surface area (Å²) in [6, 6.07) is 19.3. The van der Waals surface area contributed by atoms with Gasteiger partial charge < -0.3 is 18.9 Å². The lowest BCUT2D eigenvalue weighted by Gasteiger charge is -2.26. The van der Waals surface area contributed by atoms with Crippen molar-refractivity contribution in [2.45, 2.75) is 26.5 Å². The minimum absolute atomic E-state index is 0.174. The molecule has 1 aliphatic heterocycles. The lowest BCUT2D eigenvalue weighted by atomic mass is 9.94. The molecule has 3 aromatic carbocycles. The molecule has 0 saturated carbocycles. The van der Waals surface area contributed by atoms with E-state index in [9.17, 15) is 9.59 Å². The molecule has 0 aliphatic carbocycles. The molecule has 4 aromatic rings. The Morgan fingerprint density at radius 3 is 2.55 bits per heavy atom. The number of carbonyl (C=O) groups excluding carboxylic acids is 1. The van der Waals surface area contributed by atoms with Crippen LogP contribution in [0.4, 0.5) is 0 Å². The average Bonchev–Trinajstić information content (AvgIpc) is 3.30. The second kappa shape index (κ2) is 12.7. The largest absolute Gasteiger partial charge is 0.497 e. The molecule has 0 unspecified atom stereocenters. The Kier molecular flexibility index (Phi) is 8.80. The summed E-state index contributed by atoms with van der Waals surface area (Å²) in [6.07, 6.45) is 1.77. The van der Waals surface area contributed by atoms with E-state index in [1.807, 2.05) is 48.5 Å². The molecule has 8 nitrogen and oxygen atoms in total. The van der Waals surface area contributed by atoms with E-state index in [0.717, 1.165) is 5.56 Å². The van der Waals surface area contributed by atoms with Crippen LogP contribution >= 0.6 is 22.9 Å². The Bertz CT molecular complexity index is 1860. The zero-order valence-corrected chi connectivity index (χ0v) is 25.1. The number of aromatic nitrogens is 1. The van der Waals surface area contributed by atoms with Crippen LogP contribution in [-0.2, 0) is 16.1 Å². The van der Waals surface area contributed by atoms with Gasteiger partial charge >= 0.3 is 5.97 Å². The van der Waals surface area contributed by atoms with Gasteiger partial charge in [0.15, 0.2) is 4.80 Å². The number of esters is 1. The fourth-order valence-electron chi connectivity index (χ4n) is 4.78. The molecule has 216 valence electrons. The van der Waals surface area contributed by atoms with Gasteiger partial charge in [0.1, 0.15) is 29.9 Å². The summed E-state index contributed by atoms with van der Waals surface area (Å²) in [7, 11) is 3.09. The number of benzene rings is 3. The number of carbonyl (C=O) groups is 1. The van der Waals surface area contributed by atoms with Crippen molar-refractivity contribution in [1.29, 1.82) is 0 Å². The highest BCUT2D eigenvalue weighted by Gasteiger charge is 2.35. The number of hydrogen-bond acceptors (Lipinski definition) is 8. The fraction of sp³-hybridized carbons (Fsp3) is 0.219. The molecule has 0 spiro atoms. The molecule has 0 radical (unpaired) electrons. The number of ether oxygens (including phenoxy) is 4. The molecule has 5 rings (SSSR count). The molecule has 1 aromatic heterocycles. The second-order valence-electron chi connectivity index (χ2n) is 9.33. The first kappa shape index (κ1) is 29.2. The van der Waals surface area contributed by atoms with E-state index in [2.05, 4.69) is 4.99 Å². The van der Waals surface area contributed by atoms with Crippen molar-refractivity contribution in [3.63, 3.8) is 0 Å². The molecule has 0 N–H and O–H groups in total. The molecule has 10 heteroatoms. The second-order valence-corrected chi connectivity index (χ2v) is 10.7. The minimum Gasteiger partial charge on any atom is -0.497 e. The van der Waals surface area contributed by atoms with E-state index in [4.69, 9.17) is 30.5 Å². The summed E-state index contributed by atoms with van der Waals surface area (Å²) in [5.74, 6) is 1.08. The number of methoxy groups -OCH3 is 2. The molecule has 1 atom stereocenters. The van der Waals surface area contributed by atoms with E-state index < -0.39 is 12.0 Å². The Morgan fingerprint density at radius 2 is 1.81 bits per heavy atom. The number of nitrogens with zero attached hydrogens (tertiary/aromatic N) is 2. The first-order chi connectivity index (χ1) is 20.4. The number of halogens is 1. The Balaban J connectivity index is 1.65. The first-order valence-corrected chi connectivity index (χ1v) is 14.4. The standard InChI is InChI=1S/C32H29ClN2O6S/c1-5-40-31(37)28-19(2)34-32-35(29(28)23-17-22(38-3)14-15-26(23)39-4)30(36)27(42-32)16-20-10-7-9-13-25(20)41-18-21-11-6-8-12-24(21)33/h6-17,29H,5,18H2,1-4H3/b27-16+/t29-/m1/s1. The topological polar surface area (TPSA) is 88.4 Å². The van der Waals surface area contributed by atoms with Crippen molar-refractivity contribution in [3.8, 4) is 17.2 Å². The third kappa shape index (κ3) is 5.70. The summed E-state index contributed by atoms with van der Waals surface area (Å²) < 4.78 is 24.6. The fourth-order valence-corrected chi connectivity index (χ4v) is 6.01. The van der Waals surface area contributed by atoms with Crippen LogP contribution in [0.1, 0.15) is 36.6 Å². The normalized spacial score (nSPS) is 14.7. The SMILES string of the molecule is CCOC(=O)C1=C(C)N=c2s/c(=C/c3ccccc3OCc3ccccc3Cl)c(=O)n2[C@@H]1c1cc(OC)ccc1OC. The van der Waals surface area contributed by atoms with Crippen LogP contribution < -0.4 is 29.1 Å². The van der Waals surface area contributed by atoms with Crippen molar-refractivity contribution >= 4 is 35.0 Å². The van der Waals surface area contributed by atoms with E-state index in [1.54, 1.807) is 45.2 Å². The minimum atomic E-state index is -0.848. The first-order valence-electron chi connectivity index (χ1n) is 13.2. The van der Waals surface area contributed by atoms with Gasteiger partial charge in [-0.05, 0) is 50.3 Å². The third-order valence-corrected chi connectivity index (χ3v) is 8.15. The van der Waals surface area contributed by atoms with Crippen LogP contribution in [-0.4, -0.2) is 31.4 Å². The zero-order valence-electron chi connectivity index (χ0n) is 23.5. The average molecular weight is 605 g/mol. The summed E-state index contributed by atoms with van der Waals surface area (Å²) in [5.41, 5.74) is 2.54. The molecule has 2 heterocycles. The van der Waals surface area contributed by atoms with Crippen molar-refractivity contribution in [2.75, 3.05) is 20.8 Å². The lowest BCUT2D eigenvalue weighted by Crippen LogP contribution is -2.40. The van der Waals surface area contributed by atoms with Gasteiger partial charge in [-0.1, -0.05) is 59.3 Å². The zero-order chi connectivity index (χ0) is 29.8. The number of para-hydroxylation sites is 1. The highest BCUT2D eigenvalue weighted by atomic mass is 35.5. The molecule has 0 amide bonds. The van der Waals surface area contributed by atoms with Crippen molar-refractivity contribution in [1.82, 2.24) is 4.57 Å². The van der Waals surface area contributed by atoms with E-state index >= 15 is 0 Å². The maximum atomic E-state index is 14.1. The van der Waals surface area contributed by atoms with Crippen LogP contribution in [0, 0.1) is 0 Å². The lowest BCUT2D eigenvalue weighted by molar-refractivity contribution is -0.139. The van der Waals surface area contributed by atoms with Crippen molar-refractivity contribution < 1.29 is 23.7 Å². The van der Waals surface area contributed by atoms with Gasteiger partial charge in [-0.2, -0.15) is 0 Å². The van der Waals surface area contributed by atoms with Gasteiger partial charge in [-0.25, -0.2) is 9.79 Å². The van der Waals surface area contributed by atoms with Gasteiger partial charge in [0.05, 0.1) is 36.6 Å². The Morgan fingerprint density at radius 1 is 1.05 bits per heavy atom. The van der Waals surface area contributed by atoms with E-state index in [1.165, 1.54) is 23.0 Å². The van der Waals surface area contributed by atoms with Crippen molar-refractivity contribution in [3.05, 3.63) is 119 Å². The van der Waals surface area contributed by atoms with Gasteiger partial charge in [0.25, 0.3) is 5.56 Å². The molecular formula is C32H29ClN2O6S. The Hall–Kier alpha value is -4.34. The highest BCUT2D eigenvalue weighted by molar-refractivity contribution is 7.07. The molecule has 42 heavy (non-hydrogen) atoms. The third-order valence-electron chi connectivity index (χ3n) is 6.80. The maximum Gasteiger partial charge on any atom is 0.338 e. The number of thiazole rings is 1. The van der Waals surface area contributed by atoms with Gasteiger partial charge in [0.2, 0.25) is 0 Å². The number of allylic oxidation sites excluding steroid dienone is 1. The Labute approximate surface area is 251 Å². The van der Waals surface area contributed by atoms with Gasteiger partial charge in [-0.3, -0.25) is 9.36 Å². The smallest absolute Gasteiger partial charge is 0.338 e. The highest BCUT2D eigenvalue weighted by Crippen LogP contribution is 2.38. The van der Waals surface area contributed by atoms with E-state index in [-0.39, 0.29) is 24.3 Å². The number of hydrogen-bond donors (Lipinski definition) is 0. The number of fused-ring (bicyclic) bond motifs is 1. The maximum absolute atomic E-state index is 14.1. The van der Waals surface area contributed by atoms with E-state index in [0.29, 0.717) is 48.4 Å². The molecule has 0 saturated heterocycles. The summed E-state index contributed by atoms with van der Waals surface area (Å²) in [5, 5.41) is 0.615. The summed E-state index contributed by atoms with van der Waals surface area (Å²) in [4.78, 5) is 32.5. The predicted octanol–water partition coefficient (Wildman–Crippen LogP) is 5.05. The van der Waals surface area contributed by atoms with Gasteiger partial charge in [-0.15, -0.1) is 0 Å². The quantitative estimate of drug-likeness (QED) is 0.249. The molecule has 0 bridgehead atoms. The van der Waals surface area contributed by atoms with Crippen LogP contribution in [0.3, 0.4) is 0 Å². The number of rotatable bonds is 9. The van der Waals surface area contributed by atoms with Crippen LogP contribution in [0.15, 0.2) is 87.8 Å². The predicted molar refractivity (Wildman–Crippen MR) is 162 cm³/mol. The van der Waals surface area contributed by atoms with Crippen LogP contribution in [0.2, 0.25) is 5.02 Å². The van der Waals surface area contributed by atoms with Crippen LogP contribution in [0.25, 0.3) is 6.08 Å². The molecule has 0 fully saturated rings.